The highest BCUT2D eigenvalue weighted by molar-refractivity contribution is 5.78. The molecule has 0 bridgehead atoms. The van der Waals surface area contributed by atoms with E-state index >= 15 is 0 Å². The van der Waals surface area contributed by atoms with E-state index < -0.39 is 5.97 Å². The fraction of sp³-hybridized carbons (Fsp3) is 0.923. The molecule has 3 rings (SSSR count). The molecule has 0 amide bonds. The summed E-state index contributed by atoms with van der Waals surface area (Å²) in [7, 11) is 0. The summed E-state index contributed by atoms with van der Waals surface area (Å²) in [4.78, 5) is 11.3. The molecule has 0 aromatic rings. The third kappa shape index (κ3) is 1.48. The van der Waals surface area contributed by atoms with E-state index in [1.807, 2.05) is 0 Å². The van der Waals surface area contributed by atoms with E-state index in [0.29, 0.717) is 5.92 Å². The Morgan fingerprint density at radius 1 is 1.19 bits per heavy atom. The fourth-order valence-corrected chi connectivity index (χ4v) is 3.80. The summed E-state index contributed by atoms with van der Waals surface area (Å²) in [6.07, 6.45) is 8.55. The summed E-state index contributed by atoms with van der Waals surface area (Å²) in [6.45, 7) is 0.777. The maximum atomic E-state index is 11.3. The summed E-state index contributed by atoms with van der Waals surface area (Å²) in [5.41, 5.74) is -0.298. The Balaban J connectivity index is 1.75. The van der Waals surface area contributed by atoms with Crippen molar-refractivity contribution in [2.75, 3.05) is 6.61 Å². The molecule has 1 spiro atoms. The average molecular weight is 224 g/mol. The third-order valence-corrected chi connectivity index (χ3v) is 5.00. The monoisotopic (exact) mass is 224 g/mol. The minimum atomic E-state index is -0.562. The van der Waals surface area contributed by atoms with Crippen molar-refractivity contribution in [2.45, 2.75) is 57.0 Å². The van der Waals surface area contributed by atoms with Crippen LogP contribution in [0.5, 0.6) is 0 Å². The second-order valence-electron chi connectivity index (χ2n) is 5.89. The van der Waals surface area contributed by atoms with Crippen molar-refractivity contribution in [1.29, 1.82) is 0 Å². The maximum absolute atomic E-state index is 11.3. The first kappa shape index (κ1) is 10.6. The highest BCUT2D eigenvalue weighted by Gasteiger charge is 2.58. The molecule has 3 aliphatic rings. The molecule has 0 aromatic heterocycles. The molecular formula is C13H20O3. The van der Waals surface area contributed by atoms with Crippen LogP contribution in [0.4, 0.5) is 0 Å². The van der Waals surface area contributed by atoms with Crippen LogP contribution in [0.15, 0.2) is 0 Å². The van der Waals surface area contributed by atoms with Gasteiger partial charge in [-0.05, 0) is 44.4 Å². The topological polar surface area (TPSA) is 46.5 Å². The lowest BCUT2D eigenvalue weighted by atomic mass is 9.75. The van der Waals surface area contributed by atoms with Gasteiger partial charge in [0.2, 0.25) is 0 Å². The van der Waals surface area contributed by atoms with Crippen molar-refractivity contribution in [1.82, 2.24) is 0 Å². The Morgan fingerprint density at radius 3 is 2.44 bits per heavy atom. The number of carboxylic acid groups (broad SMARTS) is 1. The van der Waals surface area contributed by atoms with Crippen molar-refractivity contribution in [3.05, 3.63) is 0 Å². The summed E-state index contributed by atoms with van der Waals surface area (Å²) in [5.74, 6) is -0.190. The lowest BCUT2D eigenvalue weighted by Crippen LogP contribution is -2.42. The van der Waals surface area contributed by atoms with E-state index in [1.54, 1.807) is 0 Å². The van der Waals surface area contributed by atoms with Crippen molar-refractivity contribution < 1.29 is 14.6 Å². The lowest BCUT2D eigenvalue weighted by molar-refractivity contribution is -0.152. The molecule has 0 aromatic carbocycles. The van der Waals surface area contributed by atoms with Crippen molar-refractivity contribution in [3.8, 4) is 0 Å². The van der Waals surface area contributed by atoms with Gasteiger partial charge in [0, 0.05) is 6.61 Å². The second-order valence-corrected chi connectivity index (χ2v) is 5.89. The maximum Gasteiger partial charge on any atom is 0.309 e. The summed E-state index contributed by atoms with van der Waals surface area (Å²) >= 11 is 0. The molecule has 1 N–H and O–H groups in total. The minimum absolute atomic E-state index is 0.0634. The number of carboxylic acids is 1. The summed E-state index contributed by atoms with van der Waals surface area (Å²) < 4.78 is 5.97. The van der Waals surface area contributed by atoms with Gasteiger partial charge in [0.1, 0.15) is 0 Å². The standard InChI is InChI=1S/C13H20O3/c14-11(15)13(6-7-13)10-3-8-16-12(9-10)4-1-2-5-12/h10H,1-9H2,(H,14,15). The molecular weight excluding hydrogens is 204 g/mol. The largest absolute Gasteiger partial charge is 0.481 e. The molecule has 3 fully saturated rings. The Hall–Kier alpha value is -0.570. The van der Waals surface area contributed by atoms with E-state index in [1.165, 1.54) is 12.8 Å². The zero-order chi connectivity index (χ0) is 11.2. The van der Waals surface area contributed by atoms with Gasteiger partial charge < -0.3 is 9.84 Å². The van der Waals surface area contributed by atoms with Crippen LogP contribution < -0.4 is 0 Å². The van der Waals surface area contributed by atoms with Gasteiger partial charge in [0.05, 0.1) is 11.0 Å². The Bertz CT molecular complexity index is 300. The van der Waals surface area contributed by atoms with Gasteiger partial charge >= 0.3 is 5.97 Å². The van der Waals surface area contributed by atoms with Gasteiger partial charge in [-0.25, -0.2) is 0 Å². The molecule has 16 heavy (non-hydrogen) atoms. The Kier molecular flexibility index (Phi) is 2.29. The van der Waals surface area contributed by atoms with Crippen LogP contribution in [0.25, 0.3) is 0 Å². The van der Waals surface area contributed by atoms with Crippen LogP contribution in [-0.2, 0) is 9.53 Å². The van der Waals surface area contributed by atoms with Crippen LogP contribution in [-0.4, -0.2) is 23.3 Å². The smallest absolute Gasteiger partial charge is 0.309 e. The van der Waals surface area contributed by atoms with Crippen LogP contribution >= 0.6 is 0 Å². The molecule has 3 nitrogen and oxygen atoms in total. The van der Waals surface area contributed by atoms with Crippen LogP contribution in [0.1, 0.15) is 51.4 Å². The molecule has 1 saturated heterocycles. The third-order valence-electron chi connectivity index (χ3n) is 5.00. The van der Waals surface area contributed by atoms with E-state index in [-0.39, 0.29) is 11.0 Å². The van der Waals surface area contributed by atoms with Gasteiger partial charge in [-0.3, -0.25) is 4.79 Å². The van der Waals surface area contributed by atoms with Crippen LogP contribution in [0.2, 0.25) is 0 Å². The quantitative estimate of drug-likeness (QED) is 0.784. The average Bonchev–Trinajstić information content (AvgIpc) is 2.98. The lowest BCUT2D eigenvalue weighted by Gasteiger charge is -2.40. The zero-order valence-corrected chi connectivity index (χ0v) is 9.71. The van der Waals surface area contributed by atoms with Gasteiger partial charge in [-0.2, -0.15) is 0 Å². The normalized spacial score (nSPS) is 35.1. The summed E-state index contributed by atoms with van der Waals surface area (Å²) in [5, 5.41) is 9.35. The second kappa shape index (κ2) is 3.46. The van der Waals surface area contributed by atoms with E-state index in [9.17, 15) is 9.90 Å². The molecule has 1 unspecified atom stereocenters. The first-order valence-electron chi connectivity index (χ1n) is 6.54. The number of rotatable bonds is 2. The number of hydrogen-bond donors (Lipinski definition) is 1. The van der Waals surface area contributed by atoms with E-state index in [2.05, 4.69) is 0 Å². The number of hydrogen-bond acceptors (Lipinski definition) is 2. The highest BCUT2D eigenvalue weighted by atomic mass is 16.5. The molecule has 1 atom stereocenters. The Morgan fingerprint density at radius 2 is 1.88 bits per heavy atom. The molecule has 2 aliphatic carbocycles. The molecule has 3 heteroatoms. The molecule has 90 valence electrons. The predicted molar refractivity (Wildman–Crippen MR) is 59.2 cm³/mol. The van der Waals surface area contributed by atoms with Gasteiger partial charge in [-0.1, -0.05) is 12.8 Å². The van der Waals surface area contributed by atoms with E-state index in [0.717, 1.165) is 45.1 Å². The van der Waals surface area contributed by atoms with Crippen LogP contribution in [0, 0.1) is 11.3 Å². The molecule has 0 radical (unpaired) electrons. The van der Waals surface area contributed by atoms with Crippen molar-refractivity contribution >= 4 is 5.97 Å². The summed E-state index contributed by atoms with van der Waals surface area (Å²) in [6, 6.07) is 0. The van der Waals surface area contributed by atoms with Gasteiger partial charge in [0.15, 0.2) is 0 Å². The molecule has 2 saturated carbocycles. The molecule has 1 aliphatic heterocycles. The van der Waals surface area contributed by atoms with Crippen LogP contribution in [0.3, 0.4) is 0 Å². The number of ether oxygens (including phenoxy) is 1. The minimum Gasteiger partial charge on any atom is -0.481 e. The van der Waals surface area contributed by atoms with Gasteiger partial charge in [-0.15, -0.1) is 0 Å². The predicted octanol–water partition coefficient (Wildman–Crippen LogP) is 2.59. The molecule has 1 heterocycles. The Labute approximate surface area is 96.2 Å². The van der Waals surface area contributed by atoms with Crippen molar-refractivity contribution in [2.24, 2.45) is 11.3 Å². The SMILES string of the molecule is O=C(O)C1(C2CCOC3(CCCC3)C2)CC1. The highest BCUT2D eigenvalue weighted by Crippen LogP contribution is 2.58. The number of aliphatic carboxylic acids is 1. The number of carbonyl (C=O) groups is 1. The first-order chi connectivity index (χ1) is 7.67. The van der Waals surface area contributed by atoms with Gasteiger partial charge in [0.25, 0.3) is 0 Å². The first-order valence-corrected chi connectivity index (χ1v) is 6.54. The van der Waals surface area contributed by atoms with Crippen molar-refractivity contribution in [3.63, 3.8) is 0 Å². The zero-order valence-electron chi connectivity index (χ0n) is 9.71. The fourth-order valence-electron chi connectivity index (χ4n) is 3.80. The van der Waals surface area contributed by atoms with E-state index in [4.69, 9.17) is 4.74 Å².